The van der Waals surface area contributed by atoms with E-state index in [-0.39, 0.29) is 17.8 Å². The number of nitrogens with zero attached hydrogens (tertiary/aromatic N) is 4. The van der Waals surface area contributed by atoms with Crippen LogP contribution >= 0.6 is 11.8 Å². The monoisotopic (exact) mass is 459 g/mol. The van der Waals surface area contributed by atoms with Crippen LogP contribution in [0.25, 0.3) is 0 Å². The average molecular weight is 460 g/mol. The maximum atomic E-state index is 12.5. The van der Waals surface area contributed by atoms with Crippen molar-refractivity contribution in [3.63, 3.8) is 0 Å². The molecule has 1 aromatic heterocycles. The number of hydrogen-bond acceptors (Lipinski definition) is 7. The van der Waals surface area contributed by atoms with Crippen LogP contribution in [0, 0.1) is 5.92 Å². The molecule has 0 radical (unpaired) electrons. The van der Waals surface area contributed by atoms with Crippen LogP contribution in [-0.2, 0) is 22.6 Å². The molecule has 1 atom stereocenters. The molecule has 2 saturated heterocycles. The number of carbonyl (C=O) groups excluding carboxylic acids is 1. The van der Waals surface area contributed by atoms with E-state index in [0.717, 1.165) is 67.4 Å². The van der Waals surface area contributed by atoms with E-state index in [0.29, 0.717) is 6.54 Å². The van der Waals surface area contributed by atoms with E-state index in [4.69, 9.17) is 9.47 Å². The number of methoxy groups -OCH3 is 1. The Morgan fingerprint density at radius 3 is 2.81 bits per heavy atom. The number of ether oxygens (including phenoxy) is 2. The van der Waals surface area contributed by atoms with Crippen LogP contribution < -0.4 is 15.0 Å². The molecule has 8 nitrogen and oxygen atoms in total. The number of nitrogens with one attached hydrogen (secondary N) is 1. The first-order valence-corrected chi connectivity index (χ1v) is 12.4. The Balaban J connectivity index is 1.39. The highest BCUT2D eigenvalue weighted by molar-refractivity contribution is 7.99. The molecule has 32 heavy (non-hydrogen) atoms. The summed E-state index contributed by atoms with van der Waals surface area (Å²) in [4.78, 5) is 14.9. The number of thioether (sulfide) groups is 1. The van der Waals surface area contributed by atoms with Crippen molar-refractivity contribution in [3.8, 4) is 5.75 Å². The van der Waals surface area contributed by atoms with Crippen molar-refractivity contribution in [2.75, 3.05) is 37.5 Å². The fourth-order valence-corrected chi connectivity index (χ4v) is 4.98. The third-order valence-electron chi connectivity index (χ3n) is 6.17. The van der Waals surface area contributed by atoms with Crippen LogP contribution in [0.5, 0.6) is 5.75 Å². The van der Waals surface area contributed by atoms with Crippen molar-refractivity contribution in [2.45, 2.75) is 57.0 Å². The van der Waals surface area contributed by atoms with Crippen molar-refractivity contribution >= 4 is 23.6 Å². The van der Waals surface area contributed by atoms with Crippen LogP contribution in [0.1, 0.15) is 38.2 Å². The Morgan fingerprint density at radius 1 is 1.25 bits per heavy atom. The average Bonchev–Trinajstić information content (AvgIpc) is 3.47. The topological polar surface area (TPSA) is 81.5 Å². The largest absolute Gasteiger partial charge is 0.496 e. The molecule has 2 fully saturated rings. The third-order valence-corrected chi connectivity index (χ3v) is 7.14. The summed E-state index contributed by atoms with van der Waals surface area (Å²) in [5, 5.41) is 12.7. The van der Waals surface area contributed by atoms with Crippen LogP contribution in [0.3, 0.4) is 0 Å². The van der Waals surface area contributed by atoms with Crippen LogP contribution in [0.15, 0.2) is 29.4 Å². The molecule has 0 bridgehead atoms. The zero-order chi connectivity index (χ0) is 22.3. The van der Waals surface area contributed by atoms with E-state index in [1.165, 1.54) is 24.6 Å². The number of anilines is 1. The second-order valence-corrected chi connectivity index (χ2v) is 9.52. The Bertz CT molecular complexity index is 892. The van der Waals surface area contributed by atoms with Gasteiger partial charge in [0, 0.05) is 31.8 Å². The van der Waals surface area contributed by atoms with Gasteiger partial charge in [-0.3, -0.25) is 9.36 Å². The first-order valence-electron chi connectivity index (χ1n) is 11.4. The molecule has 1 unspecified atom stereocenters. The molecule has 0 spiro atoms. The van der Waals surface area contributed by atoms with Gasteiger partial charge in [0.05, 0.1) is 25.5 Å². The lowest BCUT2D eigenvalue weighted by Crippen LogP contribution is -2.35. The first-order chi connectivity index (χ1) is 15.6. The first kappa shape index (κ1) is 22.9. The smallest absolute Gasteiger partial charge is 0.230 e. The normalized spacial score (nSPS) is 19.3. The molecule has 4 rings (SSSR count). The number of para-hydroxylation sites is 1. The fourth-order valence-electron chi connectivity index (χ4n) is 4.21. The molecular formula is C23H33N5O3S. The van der Waals surface area contributed by atoms with Crippen molar-refractivity contribution < 1.29 is 14.3 Å². The molecule has 1 N–H and O–H groups in total. The summed E-state index contributed by atoms with van der Waals surface area (Å²) in [6.07, 6.45) is 4.67. The highest BCUT2D eigenvalue weighted by atomic mass is 32.2. The third kappa shape index (κ3) is 5.75. The number of amides is 1. The van der Waals surface area contributed by atoms with Crippen molar-refractivity contribution in [2.24, 2.45) is 5.92 Å². The summed E-state index contributed by atoms with van der Waals surface area (Å²) in [5.74, 6) is 2.68. The number of carbonyl (C=O) groups is 1. The van der Waals surface area contributed by atoms with E-state index in [1.54, 1.807) is 7.11 Å². The molecule has 9 heteroatoms. The van der Waals surface area contributed by atoms with Crippen LogP contribution in [0.2, 0.25) is 0 Å². The van der Waals surface area contributed by atoms with Gasteiger partial charge in [-0.05, 0) is 37.7 Å². The molecule has 0 saturated carbocycles. The lowest BCUT2D eigenvalue weighted by Gasteiger charge is -2.31. The summed E-state index contributed by atoms with van der Waals surface area (Å²) in [5.41, 5.74) is 0.955. The summed E-state index contributed by atoms with van der Waals surface area (Å²) in [7, 11) is 1.64. The lowest BCUT2D eigenvalue weighted by molar-refractivity contribution is -0.118. The van der Waals surface area contributed by atoms with Crippen molar-refractivity contribution in [3.05, 3.63) is 29.8 Å². The summed E-state index contributed by atoms with van der Waals surface area (Å²) < 4.78 is 13.4. The molecule has 174 valence electrons. The van der Waals surface area contributed by atoms with Gasteiger partial charge in [-0.15, -0.1) is 10.2 Å². The van der Waals surface area contributed by atoms with Gasteiger partial charge in [-0.1, -0.05) is 36.9 Å². The molecule has 2 aromatic rings. The van der Waals surface area contributed by atoms with Gasteiger partial charge in [-0.2, -0.15) is 0 Å². The predicted octanol–water partition coefficient (Wildman–Crippen LogP) is 3.11. The Kier molecular flexibility index (Phi) is 7.91. The van der Waals surface area contributed by atoms with Gasteiger partial charge in [-0.25, -0.2) is 0 Å². The second-order valence-electron chi connectivity index (χ2n) is 8.58. The molecule has 1 amide bonds. The summed E-state index contributed by atoms with van der Waals surface area (Å²) in [6.45, 7) is 6.28. The zero-order valence-corrected chi connectivity index (χ0v) is 19.8. The minimum atomic E-state index is -0.0408. The number of rotatable bonds is 9. The van der Waals surface area contributed by atoms with Gasteiger partial charge in [0.15, 0.2) is 5.16 Å². The summed E-state index contributed by atoms with van der Waals surface area (Å²) in [6, 6.07) is 7.71. The van der Waals surface area contributed by atoms with Crippen LogP contribution in [-0.4, -0.2) is 59.3 Å². The standard InChI is InChI=1S/C23H33N5O3S/c1-17-9-11-27(12-10-17)22-25-26-23(28(22)15-19-7-5-13-31-19)32-16-21(29)24-14-18-6-3-4-8-20(18)30-2/h3-4,6,8,17,19H,5,7,9-16H2,1-2H3,(H,24,29). The number of benzene rings is 1. The molecule has 2 aliphatic heterocycles. The molecule has 0 aliphatic carbocycles. The minimum absolute atomic E-state index is 0.0408. The van der Waals surface area contributed by atoms with Crippen molar-refractivity contribution in [1.29, 1.82) is 0 Å². The fraction of sp³-hybridized carbons (Fsp3) is 0.609. The number of hydrogen-bond donors (Lipinski definition) is 1. The van der Waals surface area contributed by atoms with Gasteiger partial charge in [0.25, 0.3) is 0 Å². The maximum absolute atomic E-state index is 12.5. The summed E-state index contributed by atoms with van der Waals surface area (Å²) >= 11 is 1.43. The molecule has 2 aliphatic rings. The van der Waals surface area contributed by atoms with E-state index < -0.39 is 0 Å². The quantitative estimate of drug-likeness (QED) is 0.577. The Morgan fingerprint density at radius 2 is 2.06 bits per heavy atom. The van der Waals surface area contributed by atoms with Gasteiger partial charge >= 0.3 is 0 Å². The molecular weight excluding hydrogens is 426 g/mol. The maximum Gasteiger partial charge on any atom is 0.230 e. The van der Waals surface area contributed by atoms with Gasteiger partial charge in [0.1, 0.15) is 5.75 Å². The highest BCUT2D eigenvalue weighted by Gasteiger charge is 2.26. The molecule has 3 heterocycles. The van der Waals surface area contributed by atoms with Crippen LogP contribution in [0.4, 0.5) is 5.95 Å². The second kappa shape index (κ2) is 11.0. The van der Waals surface area contributed by atoms with E-state index in [9.17, 15) is 4.79 Å². The van der Waals surface area contributed by atoms with E-state index >= 15 is 0 Å². The molecule has 1 aromatic carbocycles. The van der Waals surface area contributed by atoms with E-state index in [2.05, 4.69) is 31.9 Å². The van der Waals surface area contributed by atoms with Gasteiger partial charge < -0.3 is 19.7 Å². The highest BCUT2D eigenvalue weighted by Crippen LogP contribution is 2.28. The lowest BCUT2D eigenvalue weighted by atomic mass is 10.00. The zero-order valence-electron chi connectivity index (χ0n) is 19.0. The van der Waals surface area contributed by atoms with Gasteiger partial charge in [0.2, 0.25) is 11.9 Å². The van der Waals surface area contributed by atoms with Crippen molar-refractivity contribution in [1.82, 2.24) is 20.1 Å². The van der Waals surface area contributed by atoms with E-state index in [1.807, 2.05) is 24.3 Å². The number of piperidine rings is 1. The number of aromatic nitrogens is 3. The Hall–Kier alpha value is -2.26. The Labute approximate surface area is 194 Å². The minimum Gasteiger partial charge on any atom is -0.496 e. The predicted molar refractivity (Wildman–Crippen MR) is 125 cm³/mol. The SMILES string of the molecule is COc1ccccc1CNC(=O)CSc1nnc(N2CCC(C)CC2)n1CC1CCCO1.